The Kier molecular flexibility index (Phi) is 4.08. The molecular formula is C10H18N2O3. The molecule has 0 radical (unpaired) electrons. The molecule has 0 aliphatic carbocycles. The number of hydrogen-bond acceptors (Lipinski definition) is 4. The Bertz CT molecular complexity index is 255. The van der Waals surface area contributed by atoms with E-state index in [4.69, 9.17) is 5.73 Å². The van der Waals surface area contributed by atoms with E-state index < -0.39 is 0 Å². The SMILES string of the molecule is COC(=O)C(C)N1CCCC(C(N)=O)C1. The largest absolute Gasteiger partial charge is 0.468 e. The molecule has 0 aromatic carbocycles. The van der Waals surface area contributed by atoms with E-state index in [0.29, 0.717) is 6.54 Å². The van der Waals surface area contributed by atoms with Crippen molar-refractivity contribution in [2.45, 2.75) is 25.8 Å². The summed E-state index contributed by atoms with van der Waals surface area (Å²) in [6.07, 6.45) is 1.72. The van der Waals surface area contributed by atoms with Gasteiger partial charge in [0, 0.05) is 6.54 Å². The second-order valence-corrected chi connectivity index (χ2v) is 3.94. The predicted octanol–water partition coefficient (Wildman–Crippen LogP) is -0.255. The quantitative estimate of drug-likeness (QED) is 0.657. The van der Waals surface area contributed by atoms with Crippen molar-refractivity contribution < 1.29 is 14.3 Å². The highest BCUT2D eigenvalue weighted by Gasteiger charge is 2.29. The fourth-order valence-corrected chi connectivity index (χ4v) is 1.91. The Morgan fingerprint density at radius 3 is 2.73 bits per heavy atom. The lowest BCUT2D eigenvalue weighted by Crippen LogP contribution is -2.48. The number of hydrogen-bond donors (Lipinski definition) is 1. The van der Waals surface area contributed by atoms with Crippen LogP contribution in [0.5, 0.6) is 0 Å². The first-order chi connectivity index (χ1) is 7.06. The van der Waals surface area contributed by atoms with E-state index in [-0.39, 0.29) is 23.8 Å². The average molecular weight is 214 g/mol. The van der Waals surface area contributed by atoms with Gasteiger partial charge in [0.1, 0.15) is 6.04 Å². The smallest absolute Gasteiger partial charge is 0.322 e. The van der Waals surface area contributed by atoms with Gasteiger partial charge >= 0.3 is 5.97 Å². The summed E-state index contributed by atoms with van der Waals surface area (Å²) < 4.78 is 4.66. The van der Waals surface area contributed by atoms with Gasteiger partial charge in [-0.25, -0.2) is 0 Å². The van der Waals surface area contributed by atoms with E-state index in [1.54, 1.807) is 6.92 Å². The monoisotopic (exact) mass is 214 g/mol. The summed E-state index contributed by atoms with van der Waals surface area (Å²) in [6.45, 7) is 3.17. The van der Waals surface area contributed by atoms with E-state index in [0.717, 1.165) is 19.4 Å². The summed E-state index contributed by atoms with van der Waals surface area (Å²) in [7, 11) is 1.37. The van der Waals surface area contributed by atoms with Crippen LogP contribution in [0.4, 0.5) is 0 Å². The van der Waals surface area contributed by atoms with Crippen LogP contribution in [0.25, 0.3) is 0 Å². The van der Waals surface area contributed by atoms with Crippen molar-refractivity contribution in [3.63, 3.8) is 0 Å². The first-order valence-corrected chi connectivity index (χ1v) is 5.17. The fourth-order valence-electron chi connectivity index (χ4n) is 1.91. The molecule has 0 aromatic heterocycles. The number of methoxy groups -OCH3 is 1. The Hall–Kier alpha value is -1.10. The number of nitrogens with zero attached hydrogens (tertiary/aromatic N) is 1. The van der Waals surface area contributed by atoms with Gasteiger partial charge < -0.3 is 10.5 Å². The zero-order valence-electron chi connectivity index (χ0n) is 9.23. The third-order valence-electron chi connectivity index (χ3n) is 2.95. The molecule has 2 unspecified atom stereocenters. The number of primary amides is 1. The van der Waals surface area contributed by atoms with E-state index in [2.05, 4.69) is 4.74 Å². The van der Waals surface area contributed by atoms with Gasteiger partial charge in [-0.1, -0.05) is 0 Å². The Balaban J connectivity index is 2.55. The van der Waals surface area contributed by atoms with Crippen LogP contribution in [0.15, 0.2) is 0 Å². The van der Waals surface area contributed by atoms with Crippen LogP contribution in [0, 0.1) is 5.92 Å². The van der Waals surface area contributed by atoms with Crippen LogP contribution in [0.3, 0.4) is 0 Å². The molecule has 1 saturated heterocycles. The molecule has 5 heteroatoms. The summed E-state index contributed by atoms with van der Waals surface area (Å²) in [6, 6.07) is -0.294. The summed E-state index contributed by atoms with van der Waals surface area (Å²) in [5, 5.41) is 0. The molecule has 1 fully saturated rings. The molecule has 0 spiro atoms. The summed E-state index contributed by atoms with van der Waals surface area (Å²) in [5.41, 5.74) is 5.26. The topological polar surface area (TPSA) is 72.6 Å². The van der Waals surface area contributed by atoms with Crippen molar-refractivity contribution in [3.05, 3.63) is 0 Å². The Morgan fingerprint density at radius 2 is 2.20 bits per heavy atom. The highest BCUT2D eigenvalue weighted by Crippen LogP contribution is 2.18. The molecule has 2 atom stereocenters. The standard InChI is InChI=1S/C10H18N2O3/c1-7(10(14)15-2)12-5-3-4-8(6-12)9(11)13/h7-8H,3-6H2,1-2H3,(H2,11,13). The predicted molar refractivity (Wildman–Crippen MR) is 55.0 cm³/mol. The highest BCUT2D eigenvalue weighted by atomic mass is 16.5. The molecule has 1 rings (SSSR count). The lowest BCUT2D eigenvalue weighted by atomic mass is 9.96. The number of carbonyl (C=O) groups excluding carboxylic acids is 2. The highest BCUT2D eigenvalue weighted by molar-refractivity contribution is 5.78. The normalized spacial score (nSPS) is 24.5. The molecule has 15 heavy (non-hydrogen) atoms. The number of amides is 1. The number of piperidine rings is 1. The first-order valence-electron chi connectivity index (χ1n) is 5.17. The molecule has 1 heterocycles. The molecule has 0 bridgehead atoms. The van der Waals surface area contributed by atoms with Gasteiger partial charge in [0.2, 0.25) is 5.91 Å². The van der Waals surface area contributed by atoms with Crippen LogP contribution in [-0.4, -0.2) is 43.0 Å². The lowest BCUT2D eigenvalue weighted by Gasteiger charge is -2.34. The third kappa shape index (κ3) is 2.92. The number of nitrogens with two attached hydrogens (primary N) is 1. The fraction of sp³-hybridized carbons (Fsp3) is 0.800. The number of likely N-dealkylation sites (tertiary alicyclic amines) is 1. The maximum absolute atomic E-state index is 11.3. The minimum Gasteiger partial charge on any atom is -0.468 e. The van der Waals surface area contributed by atoms with Gasteiger partial charge in [0.25, 0.3) is 0 Å². The molecule has 5 nitrogen and oxygen atoms in total. The molecule has 1 amide bonds. The van der Waals surface area contributed by atoms with Crippen molar-refractivity contribution in [2.75, 3.05) is 20.2 Å². The zero-order valence-corrected chi connectivity index (χ0v) is 9.23. The molecule has 1 aliphatic rings. The van der Waals surface area contributed by atoms with Gasteiger partial charge in [0.05, 0.1) is 13.0 Å². The van der Waals surface area contributed by atoms with Crippen LogP contribution < -0.4 is 5.73 Å². The molecule has 1 aliphatic heterocycles. The maximum Gasteiger partial charge on any atom is 0.322 e. The minimum atomic E-state index is -0.294. The molecule has 2 N–H and O–H groups in total. The molecular weight excluding hydrogens is 196 g/mol. The Labute approximate surface area is 89.6 Å². The van der Waals surface area contributed by atoms with Crippen LogP contribution >= 0.6 is 0 Å². The van der Waals surface area contributed by atoms with Crippen molar-refractivity contribution in [1.82, 2.24) is 4.90 Å². The van der Waals surface area contributed by atoms with E-state index in [1.807, 2.05) is 4.90 Å². The lowest BCUT2D eigenvalue weighted by molar-refractivity contribution is -0.147. The van der Waals surface area contributed by atoms with Gasteiger partial charge in [-0.3, -0.25) is 14.5 Å². The van der Waals surface area contributed by atoms with E-state index in [1.165, 1.54) is 7.11 Å². The van der Waals surface area contributed by atoms with E-state index >= 15 is 0 Å². The maximum atomic E-state index is 11.3. The number of esters is 1. The average Bonchev–Trinajstić information content (AvgIpc) is 2.27. The summed E-state index contributed by atoms with van der Waals surface area (Å²) in [5.74, 6) is -0.678. The number of ether oxygens (including phenoxy) is 1. The number of carbonyl (C=O) groups is 2. The van der Waals surface area contributed by atoms with Crippen molar-refractivity contribution in [1.29, 1.82) is 0 Å². The first kappa shape index (κ1) is 12.0. The van der Waals surface area contributed by atoms with E-state index in [9.17, 15) is 9.59 Å². The van der Waals surface area contributed by atoms with Gasteiger partial charge in [-0.2, -0.15) is 0 Å². The molecule has 86 valence electrons. The molecule has 0 aromatic rings. The van der Waals surface area contributed by atoms with Crippen molar-refractivity contribution in [3.8, 4) is 0 Å². The van der Waals surface area contributed by atoms with Gasteiger partial charge in [-0.15, -0.1) is 0 Å². The summed E-state index contributed by atoms with van der Waals surface area (Å²) in [4.78, 5) is 24.3. The van der Waals surface area contributed by atoms with Crippen LogP contribution in [0.2, 0.25) is 0 Å². The van der Waals surface area contributed by atoms with Crippen LogP contribution in [-0.2, 0) is 14.3 Å². The second kappa shape index (κ2) is 5.11. The van der Waals surface area contributed by atoms with Gasteiger partial charge in [-0.05, 0) is 26.3 Å². The van der Waals surface area contributed by atoms with Crippen LogP contribution in [0.1, 0.15) is 19.8 Å². The van der Waals surface area contributed by atoms with Crippen molar-refractivity contribution >= 4 is 11.9 Å². The third-order valence-corrected chi connectivity index (χ3v) is 2.95. The molecule has 0 saturated carbocycles. The second-order valence-electron chi connectivity index (χ2n) is 3.94. The minimum absolute atomic E-state index is 0.133. The van der Waals surface area contributed by atoms with Crippen molar-refractivity contribution in [2.24, 2.45) is 11.7 Å². The van der Waals surface area contributed by atoms with Gasteiger partial charge in [0.15, 0.2) is 0 Å². The Morgan fingerprint density at radius 1 is 1.53 bits per heavy atom. The summed E-state index contributed by atoms with van der Waals surface area (Å²) >= 11 is 0. The zero-order chi connectivity index (χ0) is 11.4. The number of rotatable bonds is 3.